The number of thiazole rings is 1. The number of rotatable bonds is 5. The van der Waals surface area contributed by atoms with Gasteiger partial charge in [-0.2, -0.15) is 0 Å². The van der Waals surface area contributed by atoms with Gasteiger partial charge in [0.25, 0.3) is 5.56 Å². The first-order valence-corrected chi connectivity index (χ1v) is 13.0. The number of hydrogen-bond acceptors (Lipinski definition) is 7. The van der Waals surface area contributed by atoms with Crippen LogP contribution >= 0.6 is 49.9 Å². The standard InChI is InChI=1S/C24H20BrIN2O5S/c1-4-33-23(31)19-12(2)27-24-28(20(19)14-6-5-7-15(11-14)32-3)22(30)18(34-24)10-13-8-16(25)21(29)17(26)9-13/h5-11,20,29H,4H2,1-3H3/b18-10-/t20-/m1/s1. The van der Waals surface area contributed by atoms with Gasteiger partial charge in [-0.05, 0) is 93.8 Å². The summed E-state index contributed by atoms with van der Waals surface area (Å²) in [6, 6.07) is 10.1. The first-order valence-electron chi connectivity index (χ1n) is 10.3. The Labute approximate surface area is 221 Å². The number of carbonyl (C=O) groups excluding carboxylic acids is 1. The van der Waals surface area contributed by atoms with Gasteiger partial charge in [0.05, 0.1) is 43.6 Å². The van der Waals surface area contributed by atoms with Crippen molar-refractivity contribution in [3.05, 3.63) is 86.5 Å². The summed E-state index contributed by atoms with van der Waals surface area (Å²) in [5.41, 5.74) is 2.01. The Morgan fingerprint density at radius 1 is 1.35 bits per heavy atom. The van der Waals surface area contributed by atoms with Crippen LogP contribution in [0.3, 0.4) is 0 Å². The number of nitrogens with zero attached hydrogens (tertiary/aromatic N) is 2. The topological polar surface area (TPSA) is 90.1 Å². The van der Waals surface area contributed by atoms with Crippen LogP contribution in [-0.4, -0.2) is 29.4 Å². The van der Waals surface area contributed by atoms with E-state index in [2.05, 4.69) is 20.9 Å². The zero-order chi connectivity index (χ0) is 24.6. The smallest absolute Gasteiger partial charge is 0.338 e. The number of halogens is 2. The maximum Gasteiger partial charge on any atom is 0.338 e. The van der Waals surface area contributed by atoms with Gasteiger partial charge in [-0.15, -0.1) is 0 Å². The Bertz CT molecular complexity index is 1490. The summed E-state index contributed by atoms with van der Waals surface area (Å²) in [6.45, 7) is 3.69. The third-order valence-electron chi connectivity index (χ3n) is 5.26. The molecule has 0 saturated carbocycles. The summed E-state index contributed by atoms with van der Waals surface area (Å²) in [6.07, 6.45) is 1.75. The molecular formula is C24H20BrIN2O5S. The maximum absolute atomic E-state index is 13.6. The Morgan fingerprint density at radius 3 is 2.79 bits per heavy atom. The zero-order valence-corrected chi connectivity index (χ0v) is 23.0. The van der Waals surface area contributed by atoms with Gasteiger partial charge in [0, 0.05) is 0 Å². The lowest BCUT2D eigenvalue weighted by molar-refractivity contribution is -0.139. The highest BCUT2D eigenvalue weighted by Crippen LogP contribution is 2.33. The van der Waals surface area contributed by atoms with E-state index in [0.717, 1.165) is 5.56 Å². The van der Waals surface area contributed by atoms with Crippen LogP contribution in [0, 0.1) is 3.57 Å². The molecule has 0 radical (unpaired) electrons. The molecule has 0 aliphatic carbocycles. The van der Waals surface area contributed by atoms with Crippen molar-refractivity contribution in [2.75, 3.05) is 13.7 Å². The second-order valence-electron chi connectivity index (χ2n) is 7.41. The Hall–Kier alpha value is -2.44. The third-order valence-corrected chi connectivity index (χ3v) is 7.67. The number of phenolic OH excluding ortho intramolecular Hbond substituents is 1. The van der Waals surface area contributed by atoms with Crippen LogP contribution in [0.1, 0.15) is 31.0 Å². The van der Waals surface area contributed by atoms with E-state index in [1.165, 1.54) is 15.9 Å². The highest BCUT2D eigenvalue weighted by atomic mass is 127. The molecule has 1 atom stereocenters. The van der Waals surface area contributed by atoms with E-state index in [1.54, 1.807) is 51.3 Å². The molecule has 2 heterocycles. The summed E-state index contributed by atoms with van der Waals surface area (Å²) >= 11 is 6.62. The van der Waals surface area contributed by atoms with Gasteiger partial charge in [-0.25, -0.2) is 9.79 Å². The predicted octanol–water partition coefficient (Wildman–Crippen LogP) is 3.88. The minimum Gasteiger partial charge on any atom is -0.506 e. The normalized spacial score (nSPS) is 15.7. The van der Waals surface area contributed by atoms with E-state index in [1.807, 2.05) is 34.7 Å². The number of benzene rings is 2. The molecule has 0 unspecified atom stereocenters. The number of esters is 1. The third kappa shape index (κ3) is 4.58. The summed E-state index contributed by atoms with van der Waals surface area (Å²) in [5, 5.41) is 10.0. The zero-order valence-electron chi connectivity index (χ0n) is 18.5. The number of allylic oxidation sites excluding steroid dienone is 1. The number of ether oxygens (including phenoxy) is 2. The number of aromatic hydroxyl groups is 1. The Balaban J connectivity index is 1.97. The SMILES string of the molecule is CCOC(=O)C1=C(C)N=c2s/c(=C\c3cc(Br)c(O)c(I)c3)c(=O)n2[C@@H]1c1cccc(OC)c1. The van der Waals surface area contributed by atoms with Gasteiger partial charge >= 0.3 is 5.97 Å². The molecule has 0 saturated heterocycles. The first kappa shape index (κ1) is 24.7. The molecule has 0 spiro atoms. The van der Waals surface area contributed by atoms with Crippen LogP contribution in [0.15, 0.2) is 61.9 Å². The van der Waals surface area contributed by atoms with Crippen molar-refractivity contribution >= 4 is 61.9 Å². The number of methoxy groups -OCH3 is 1. The summed E-state index contributed by atoms with van der Waals surface area (Å²) < 4.78 is 13.9. The van der Waals surface area contributed by atoms with Crippen molar-refractivity contribution in [2.45, 2.75) is 19.9 Å². The van der Waals surface area contributed by atoms with E-state index in [-0.39, 0.29) is 17.9 Å². The molecule has 1 aliphatic rings. The lowest BCUT2D eigenvalue weighted by Gasteiger charge is -2.25. The monoisotopic (exact) mass is 654 g/mol. The number of phenols is 1. The number of hydrogen-bond donors (Lipinski definition) is 1. The molecule has 1 aromatic heterocycles. The molecule has 10 heteroatoms. The van der Waals surface area contributed by atoms with Crippen LogP contribution in [-0.2, 0) is 9.53 Å². The van der Waals surface area contributed by atoms with Crippen molar-refractivity contribution in [3.63, 3.8) is 0 Å². The molecule has 0 fully saturated rings. The minimum absolute atomic E-state index is 0.145. The lowest BCUT2D eigenvalue weighted by Crippen LogP contribution is -2.39. The van der Waals surface area contributed by atoms with Gasteiger partial charge < -0.3 is 14.6 Å². The van der Waals surface area contributed by atoms with E-state index in [9.17, 15) is 14.7 Å². The fraction of sp³-hybridized carbons (Fsp3) is 0.208. The Kier molecular flexibility index (Phi) is 7.29. The fourth-order valence-corrected chi connectivity index (χ4v) is 6.28. The van der Waals surface area contributed by atoms with Crippen LogP contribution < -0.4 is 19.6 Å². The Morgan fingerprint density at radius 2 is 2.12 bits per heavy atom. The molecule has 176 valence electrons. The van der Waals surface area contributed by atoms with E-state index >= 15 is 0 Å². The molecule has 2 aromatic carbocycles. The molecule has 34 heavy (non-hydrogen) atoms. The molecule has 4 rings (SSSR count). The summed E-state index contributed by atoms with van der Waals surface area (Å²) in [7, 11) is 1.56. The van der Waals surface area contributed by atoms with E-state index in [0.29, 0.717) is 40.0 Å². The summed E-state index contributed by atoms with van der Waals surface area (Å²) in [5.74, 6) is 0.246. The van der Waals surface area contributed by atoms with Crippen molar-refractivity contribution < 1.29 is 19.4 Å². The average molecular weight is 655 g/mol. The van der Waals surface area contributed by atoms with Crippen molar-refractivity contribution in [1.29, 1.82) is 0 Å². The number of carbonyl (C=O) groups is 1. The van der Waals surface area contributed by atoms with Crippen LogP contribution in [0.4, 0.5) is 0 Å². The quantitative estimate of drug-likeness (QED) is 0.333. The maximum atomic E-state index is 13.6. The van der Waals surface area contributed by atoms with Gasteiger partial charge in [0.15, 0.2) is 4.80 Å². The van der Waals surface area contributed by atoms with Crippen molar-refractivity contribution in [1.82, 2.24) is 4.57 Å². The lowest BCUT2D eigenvalue weighted by atomic mass is 9.95. The molecule has 0 bridgehead atoms. The first-order chi connectivity index (χ1) is 16.2. The number of fused-ring (bicyclic) bond motifs is 1. The molecule has 1 N–H and O–H groups in total. The van der Waals surface area contributed by atoms with E-state index in [4.69, 9.17) is 9.47 Å². The molecule has 7 nitrogen and oxygen atoms in total. The van der Waals surface area contributed by atoms with Gasteiger partial charge in [-0.3, -0.25) is 9.36 Å². The minimum atomic E-state index is -0.709. The van der Waals surface area contributed by atoms with Gasteiger partial charge in [0.1, 0.15) is 11.5 Å². The van der Waals surface area contributed by atoms with Crippen molar-refractivity contribution in [2.24, 2.45) is 4.99 Å². The van der Waals surface area contributed by atoms with Crippen LogP contribution in [0.5, 0.6) is 11.5 Å². The largest absolute Gasteiger partial charge is 0.506 e. The second kappa shape index (κ2) is 10.0. The van der Waals surface area contributed by atoms with Gasteiger partial charge in [-0.1, -0.05) is 23.5 Å². The second-order valence-corrected chi connectivity index (χ2v) is 10.4. The highest BCUT2D eigenvalue weighted by molar-refractivity contribution is 14.1. The van der Waals surface area contributed by atoms with Crippen molar-refractivity contribution in [3.8, 4) is 11.5 Å². The summed E-state index contributed by atoms with van der Waals surface area (Å²) in [4.78, 5) is 31.7. The van der Waals surface area contributed by atoms with Crippen LogP contribution in [0.2, 0.25) is 0 Å². The molecule has 3 aromatic rings. The predicted molar refractivity (Wildman–Crippen MR) is 142 cm³/mol. The van der Waals surface area contributed by atoms with Gasteiger partial charge in [0.2, 0.25) is 0 Å². The number of aromatic nitrogens is 1. The molecule has 1 aliphatic heterocycles. The fourth-order valence-electron chi connectivity index (χ4n) is 3.74. The molecular weight excluding hydrogens is 635 g/mol. The van der Waals surface area contributed by atoms with Crippen LogP contribution in [0.25, 0.3) is 6.08 Å². The van der Waals surface area contributed by atoms with E-state index < -0.39 is 12.0 Å². The average Bonchev–Trinajstić information content (AvgIpc) is 3.11. The molecule has 0 amide bonds. The highest BCUT2D eigenvalue weighted by Gasteiger charge is 2.33.